The second-order valence-electron chi connectivity index (χ2n) is 2.16. The quantitative estimate of drug-likeness (QED) is 0.265. The Morgan fingerprint density at radius 1 is 1.15 bits per heavy atom. The van der Waals surface area contributed by atoms with Gasteiger partial charge in [-0.1, -0.05) is 6.92 Å². The standard InChI is InChI=1S/C6H13O4P.2Na/c1-4-6(9-2,10-3)5-11(7)8;;/h4-5H2,1-3H3;;/q-2;2*+1. The number of hydrogen-bond acceptors (Lipinski definition) is 4. The third-order valence-electron chi connectivity index (χ3n) is 1.65. The minimum atomic E-state index is -2.46. The molecule has 0 aliphatic carbocycles. The number of methoxy groups -OCH3 is 2. The second kappa shape index (κ2) is 10.8. The summed E-state index contributed by atoms with van der Waals surface area (Å²) in [6, 6.07) is 0. The predicted octanol–water partition coefficient (Wildman–Crippen LogP) is -6.57. The molecule has 0 atom stereocenters. The molecule has 0 aromatic heterocycles. The van der Waals surface area contributed by atoms with Gasteiger partial charge in [-0.2, -0.15) is 0 Å². The van der Waals surface area contributed by atoms with E-state index in [2.05, 4.69) is 0 Å². The molecule has 0 rings (SSSR count). The van der Waals surface area contributed by atoms with Crippen molar-refractivity contribution < 1.29 is 78.4 Å². The molecule has 0 N–H and O–H groups in total. The molecule has 0 amide bonds. The summed E-state index contributed by atoms with van der Waals surface area (Å²) >= 11 is 0. The molecule has 0 aliphatic rings. The molecule has 7 heteroatoms. The van der Waals surface area contributed by atoms with Crippen LogP contribution < -0.4 is 68.9 Å². The number of hydrogen-bond donors (Lipinski definition) is 0. The molecule has 0 saturated heterocycles. The van der Waals surface area contributed by atoms with Crippen LogP contribution in [0.5, 0.6) is 0 Å². The smallest absolute Gasteiger partial charge is 0.841 e. The van der Waals surface area contributed by atoms with Gasteiger partial charge in [0.25, 0.3) is 0 Å². The molecule has 0 saturated carbocycles. The van der Waals surface area contributed by atoms with Crippen LogP contribution in [-0.4, -0.2) is 26.2 Å². The molecule has 68 valence electrons. The van der Waals surface area contributed by atoms with Crippen LogP contribution in [0.1, 0.15) is 13.3 Å². The van der Waals surface area contributed by atoms with Crippen molar-refractivity contribution in [3.8, 4) is 0 Å². The summed E-state index contributed by atoms with van der Waals surface area (Å²) in [6.45, 7) is 1.81. The molecule has 4 nitrogen and oxygen atoms in total. The van der Waals surface area contributed by atoms with Crippen molar-refractivity contribution >= 4 is 8.38 Å². The predicted molar refractivity (Wildman–Crippen MR) is 38.8 cm³/mol. The SMILES string of the molecule is CCC(CP([O-])[O-])(OC)OC.[Na+].[Na+]. The van der Waals surface area contributed by atoms with Crippen molar-refractivity contribution in [1.82, 2.24) is 0 Å². The molecule has 0 aromatic rings. The van der Waals surface area contributed by atoms with Crippen molar-refractivity contribution in [2.75, 3.05) is 20.4 Å². The molecule has 0 bridgehead atoms. The zero-order valence-corrected chi connectivity index (χ0v) is 13.9. The van der Waals surface area contributed by atoms with Crippen LogP contribution >= 0.6 is 8.38 Å². The topological polar surface area (TPSA) is 64.6 Å². The van der Waals surface area contributed by atoms with E-state index in [0.29, 0.717) is 6.42 Å². The van der Waals surface area contributed by atoms with Crippen LogP contribution in [0.3, 0.4) is 0 Å². The van der Waals surface area contributed by atoms with Gasteiger partial charge in [-0.15, -0.1) is 0 Å². The molecule has 13 heavy (non-hydrogen) atoms. The molecule has 0 radical (unpaired) electrons. The van der Waals surface area contributed by atoms with Crippen molar-refractivity contribution in [1.29, 1.82) is 0 Å². The Kier molecular flexibility index (Phi) is 17.1. The summed E-state index contributed by atoms with van der Waals surface area (Å²) in [5, 5.41) is 0. The molecule has 0 heterocycles. The molecule has 0 spiro atoms. The second-order valence-corrected chi connectivity index (χ2v) is 3.15. The van der Waals surface area contributed by atoms with Crippen molar-refractivity contribution in [2.24, 2.45) is 0 Å². The Hall–Kier alpha value is 2.27. The summed E-state index contributed by atoms with van der Waals surface area (Å²) < 4.78 is 9.88. The van der Waals surface area contributed by atoms with Crippen LogP contribution in [0, 0.1) is 0 Å². The molecule has 0 aromatic carbocycles. The largest absolute Gasteiger partial charge is 1.00 e. The number of ether oxygens (including phenoxy) is 2. The Balaban J connectivity index is -0.000000500. The van der Waals surface area contributed by atoms with Crippen molar-refractivity contribution in [3.05, 3.63) is 0 Å². The van der Waals surface area contributed by atoms with Gasteiger partial charge >= 0.3 is 59.1 Å². The fourth-order valence-corrected chi connectivity index (χ4v) is 1.68. The molecular formula is C6H13Na2O4P. The Bertz CT molecular complexity index is 103. The van der Waals surface area contributed by atoms with Gasteiger partial charge in [-0.25, -0.2) is 0 Å². The summed E-state index contributed by atoms with van der Waals surface area (Å²) in [7, 11) is 0.417. The molecule has 0 fully saturated rings. The van der Waals surface area contributed by atoms with E-state index < -0.39 is 14.2 Å². The van der Waals surface area contributed by atoms with E-state index in [0.717, 1.165) is 0 Å². The van der Waals surface area contributed by atoms with E-state index in [4.69, 9.17) is 9.47 Å². The maximum atomic E-state index is 10.4. The first kappa shape index (κ1) is 20.7. The van der Waals surface area contributed by atoms with Crippen molar-refractivity contribution in [2.45, 2.75) is 19.1 Å². The third-order valence-corrected chi connectivity index (χ3v) is 2.39. The van der Waals surface area contributed by atoms with Gasteiger partial charge in [0.05, 0.1) is 0 Å². The van der Waals surface area contributed by atoms with Gasteiger partial charge in [-0.05, 0) is 12.6 Å². The third kappa shape index (κ3) is 8.12. The number of rotatable bonds is 5. The summed E-state index contributed by atoms with van der Waals surface area (Å²) in [5.41, 5.74) is 0. The van der Waals surface area contributed by atoms with Gasteiger partial charge in [-0.3, -0.25) is 0 Å². The maximum Gasteiger partial charge on any atom is 1.00 e. The minimum absolute atomic E-state index is 0. The van der Waals surface area contributed by atoms with E-state index in [1.165, 1.54) is 14.2 Å². The minimum Gasteiger partial charge on any atom is -0.841 e. The van der Waals surface area contributed by atoms with Crippen LogP contribution in [-0.2, 0) is 9.47 Å². The Morgan fingerprint density at radius 2 is 1.54 bits per heavy atom. The summed E-state index contributed by atoms with van der Waals surface area (Å²) in [5.74, 6) is -0.949. The van der Waals surface area contributed by atoms with Crippen LogP contribution in [0.4, 0.5) is 0 Å². The molecule has 0 unspecified atom stereocenters. The van der Waals surface area contributed by atoms with Gasteiger partial charge < -0.3 is 27.6 Å². The monoisotopic (exact) mass is 226 g/mol. The van der Waals surface area contributed by atoms with Gasteiger partial charge in [0.1, 0.15) is 0 Å². The fourth-order valence-electron chi connectivity index (χ4n) is 0.810. The van der Waals surface area contributed by atoms with Gasteiger partial charge in [0, 0.05) is 14.2 Å². The Morgan fingerprint density at radius 3 is 1.62 bits per heavy atom. The van der Waals surface area contributed by atoms with E-state index in [9.17, 15) is 9.79 Å². The molecule has 0 aliphatic heterocycles. The van der Waals surface area contributed by atoms with E-state index in [1.807, 2.05) is 6.92 Å². The van der Waals surface area contributed by atoms with Gasteiger partial charge in [0.2, 0.25) is 0 Å². The maximum absolute atomic E-state index is 10.4. The summed E-state index contributed by atoms with van der Waals surface area (Å²) in [6.07, 6.45) is 0.426. The first-order chi connectivity index (χ1) is 5.10. The normalized spacial score (nSPS) is 10.6. The first-order valence-corrected chi connectivity index (χ1v) is 4.68. The van der Waals surface area contributed by atoms with E-state index >= 15 is 0 Å². The van der Waals surface area contributed by atoms with Crippen LogP contribution in [0.2, 0.25) is 0 Å². The van der Waals surface area contributed by atoms with E-state index in [-0.39, 0.29) is 65.3 Å². The zero-order chi connectivity index (χ0) is 8.91. The fraction of sp³-hybridized carbons (Fsp3) is 1.00. The van der Waals surface area contributed by atoms with Crippen LogP contribution in [0.15, 0.2) is 0 Å². The van der Waals surface area contributed by atoms with Crippen LogP contribution in [0.25, 0.3) is 0 Å². The van der Waals surface area contributed by atoms with E-state index in [1.54, 1.807) is 0 Å². The van der Waals surface area contributed by atoms with Gasteiger partial charge in [0.15, 0.2) is 5.79 Å². The van der Waals surface area contributed by atoms with Crippen molar-refractivity contribution in [3.63, 3.8) is 0 Å². The Labute approximate surface area is 125 Å². The average Bonchev–Trinajstić information content (AvgIpc) is 2.00. The zero-order valence-electron chi connectivity index (χ0n) is 8.99. The summed E-state index contributed by atoms with van der Waals surface area (Å²) in [4.78, 5) is 20.7. The average molecular weight is 226 g/mol. The molecular weight excluding hydrogens is 213 g/mol. The first-order valence-electron chi connectivity index (χ1n) is 3.32.